The topological polar surface area (TPSA) is 20.7 Å². The zero-order valence-electron chi connectivity index (χ0n) is 8.63. The van der Waals surface area contributed by atoms with E-state index in [1.54, 1.807) is 0 Å². The van der Waals surface area contributed by atoms with Crippen LogP contribution in [0.5, 0.6) is 0 Å². The minimum absolute atomic E-state index is 0.751. The predicted molar refractivity (Wildman–Crippen MR) is 58.4 cm³/mol. The molecule has 0 radical (unpaired) electrons. The molecule has 0 aromatic carbocycles. The number of aromatic nitrogens is 2. The van der Waals surface area contributed by atoms with Gasteiger partial charge in [-0.1, -0.05) is 26.7 Å². The van der Waals surface area contributed by atoms with Gasteiger partial charge in [0.15, 0.2) is 4.77 Å². The van der Waals surface area contributed by atoms with Gasteiger partial charge in [0.25, 0.3) is 0 Å². The van der Waals surface area contributed by atoms with Gasteiger partial charge in [-0.3, -0.25) is 0 Å². The molecule has 2 nitrogen and oxygen atoms in total. The van der Waals surface area contributed by atoms with Crippen LogP contribution < -0.4 is 0 Å². The van der Waals surface area contributed by atoms with Crippen LogP contribution in [0.1, 0.15) is 32.4 Å². The van der Waals surface area contributed by atoms with Gasteiger partial charge in [0.05, 0.1) is 0 Å². The normalized spacial score (nSPS) is 11.1. The van der Waals surface area contributed by atoms with Crippen molar-refractivity contribution in [2.45, 2.75) is 40.2 Å². The highest BCUT2D eigenvalue weighted by molar-refractivity contribution is 7.71. The number of hydrogen-bond acceptors (Lipinski definition) is 1. The first-order valence-electron chi connectivity index (χ1n) is 4.93. The van der Waals surface area contributed by atoms with Crippen LogP contribution in [0.4, 0.5) is 0 Å². The molecule has 0 atom stereocenters. The molecule has 1 rings (SSSR count). The van der Waals surface area contributed by atoms with Gasteiger partial charge in [0.2, 0.25) is 0 Å². The van der Waals surface area contributed by atoms with E-state index in [-0.39, 0.29) is 0 Å². The Morgan fingerprint density at radius 3 is 2.46 bits per heavy atom. The van der Waals surface area contributed by atoms with E-state index in [2.05, 4.69) is 30.3 Å². The summed E-state index contributed by atoms with van der Waals surface area (Å²) >= 11 is 5.19. The summed E-state index contributed by atoms with van der Waals surface area (Å²) < 4.78 is 3.04. The molecule has 3 heteroatoms. The van der Waals surface area contributed by atoms with Crippen molar-refractivity contribution in [3.05, 3.63) is 16.7 Å². The molecule has 1 aromatic rings. The summed E-state index contributed by atoms with van der Waals surface area (Å²) in [7, 11) is 0. The number of hydrogen-bond donors (Lipinski definition) is 1. The zero-order valence-corrected chi connectivity index (χ0v) is 9.45. The number of imidazole rings is 1. The van der Waals surface area contributed by atoms with Crippen molar-refractivity contribution < 1.29 is 0 Å². The van der Waals surface area contributed by atoms with Gasteiger partial charge >= 0.3 is 0 Å². The maximum atomic E-state index is 5.19. The second-order valence-corrected chi connectivity index (χ2v) is 3.92. The highest BCUT2D eigenvalue weighted by Gasteiger charge is 2.06. The van der Waals surface area contributed by atoms with E-state index in [0.717, 1.165) is 17.2 Å². The molecular formula is C10H18N2S. The largest absolute Gasteiger partial charge is 0.337 e. The zero-order chi connectivity index (χ0) is 9.84. The van der Waals surface area contributed by atoms with Crippen molar-refractivity contribution >= 4 is 12.2 Å². The summed E-state index contributed by atoms with van der Waals surface area (Å²) in [5.41, 5.74) is 1.23. The molecule has 13 heavy (non-hydrogen) atoms. The Morgan fingerprint density at radius 1 is 1.46 bits per heavy atom. The predicted octanol–water partition coefficient (Wildman–Crippen LogP) is 3.29. The molecule has 1 heterocycles. The van der Waals surface area contributed by atoms with E-state index >= 15 is 0 Å². The van der Waals surface area contributed by atoms with Gasteiger partial charge < -0.3 is 9.55 Å². The van der Waals surface area contributed by atoms with Crippen LogP contribution in [-0.2, 0) is 6.54 Å². The van der Waals surface area contributed by atoms with Gasteiger partial charge in [0.1, 0.15) is 0 Å². The first-order chi connectivity index (χ1) is 6.19. The molecule has 0 aliphatic rings. The number of H-pyrrole nitrogens is 1. The summed E-state index contributed by atoms with van der Waals surface area (Å²) in [5.74, 6) is 0.751. The number of nitrogens with one attached hydrogen (secondary N) is 1. The highest BCUT2D eigenvalue weighted by Crippen LogP contribution is 2.12. The fourth-order valence-corrected chi connectivity index (χ4v) is 1.79. The van der Waals surface area contributed by atoms with Crippen LogP contribution in [0, 0.1) is 17.6 Å². The van der Waals surface area contributed by atoms with E-state index in [1.807, 2.05) is 6.20 Å². The lowest BCUT2D eigenvalue weighted by atomic mass is 10.0. The van der Waals surface area contributed by atoms with Crippen LogP contribution in [0.25, 0.3) is 0 Å². The highest BCUT2D eigenvalue weighted by atomic mass is 32.1. The van der Waals surface area contributed by atoms with Crippen LogP contribution in [0.2, 0.25) is 0 Å². The van der Waals surface area contributed by atoms with Crippen molar-refractivity contribution in [3.63, 3.8) is 0 Å². The number of aromatic amines is 1. The maximum Gasteiger partial charge on any atom is 0.177 e. The second-order valence-electron chi connectivity index (χ2n) is 3.53. The van der Waals surface area contributed by atoms with Crippen LogP contribution in [0.3, 0.4) is 0 Å². The first kappa shape index (κ1) is 10.5. The summed E-state index contributed by atoms with van der Waals surface area (Å²) in [4.78, 5) is 3.07. The van der Waals surface area contributed by atoms with Gasteiger partial charge in [-0.15, -0.1) is 0 Å². The fraction of sp³-hybridized carbons (Fsp3) is 0.700. The Bertz CT molecular complexity index is 307. The molecule has 0 aliphatic heterocycles. The van der Waals surface area contributed by atoms with E-state index < -0.39 is 0 Å². The Kier molecular flexibility index (Phi) is 3.72. The molecule has 0 saturated heterocycles. The lowest BCUT2D eigenvalue weighted by Crippen LogP contribution is -2.10. The Morgan fingerprint density at radius 2 is 2.08 bits per heavy atom. The van der Waals surface area contributed by atoms with E-state index in [4.69, 9.17) is 12.2 Å². The Labute approximate surface area is 85.0 Å². The molecule has 0 bridgehead atoms. The third-order valence-corrected chi connectivity index (χ3v) is 3.01. The smallest absolute Gasteiger partial charge is 0.177 e. The molecule has 0 amide bonds. The molecule has 1 N–H and O–H groups in total. The lowest BCUT2D eigenvalue weighted by Gasteiger charge is -2.13. The monoisotopic (exact) mass is 198 g/mol. The molecule has 74 valence electrons. The first-order valence-corrected chi connectivity index (χ1v) is 5.34. The minimum Gasteiger partial charge on any atom is -0.337 e. The van der Waals surface area contributed by atoms with Gasteiger partial charge in [-0.05, 0) is 25.1 Å². The summed E-state index contributed by atoms with van der Waals surface area (Å²) in [6, 6.07) is 0. The SMILES string of the molecule is CCC(CC)Cn1c(C)c[nH]c1=S. The molecule has 0 aliphatic carbocycles. The Hall–Kier alpha value is -0.570. The molecule has 0 unspecified atom stereocenters. The average molecular weight is 198 g/mol. The van der Waals surface area contributed by atoms with Crippen molar-refractivity contribution in [2.75, 3.05) is 0 Å². The van der Waals surface area contributed by atoms with Crippen LogP contribution >= 0.6 is 12.2 Å². The minimum atomic E-state index is 0.751. The maximum absolute atomic E-state index is 5.19. The number of nitrogens with zero attached hydrogens (tertiary/aromatic N) is 1. The van der Waals surface area contributed by atoms with Crippen molar-refractivity contribution in [1.82, 2.24) is 9.55 Å². The quantitative estimate of drug-likeness (QED) is 0.736. The van der Waals surface area contributed by atoms with Gasteiger partial charge in [0, 0.05) is 18.4 Å². The molecular weight excluding hydrogens is 180 g/mol. The number of aryl methyl sites for hydroxylation is 1. The third kappa shape index (κ3) is 2.44. The number of rotatable bonds is 4. The van der Waals surface area contributed by atoms with Crippen LogP contribution in [-0.4, -0.2) is 9.55 Å². The van der Waals surface area contributed by atoms with Crippen LogP contribution in [0.15, 0.2) is 6.20 Å². The van der Waals surface area contributed by atoms with E-state index in [0.29, 0.717) is 0 Å². The van der Waals surface area contributed by atoms with Crippen molar-refractivity contribution in [2.24, 2.45) is 5.92 Å². The fourth-order valence-electron chi connectivity index (χ4n) is 1.51. The molecule has 0 saturated carbocycles. The third-order valence-electron chi connectivity index (χ3n) is 2.67. The summed E-state index contributed by atoms with van der Waals surface area (Å²) in [6.45, 7) is 7.62. The van der Waals surface area contributed by atoms with Crippen molar-refractivity contribution in [1.29, 1.82) is 0 Å². The van der Waals surface area contributed by atoms with Crippen molar-refractivity contribution in [3.8, 4) is 0 Å². The second kappa shape index (κ2) is 4.61. The summed E-state index contributed by atoms with van der Waals surface area (Å²) in [5, 5.41) is 0. The van der Waals surface area contributed by atoms with E-state index in [9.17, 15) is 0 Å². The molecule has 0 fully saturated rings. The summed E-state index contributed by atoms with van der Waals surface area (Å²) in [6.07, 6.45) is 4.43. The Balaban J connectivity index is 2.78. The van der Waals surface area contributed by atoms with Gasteiger partial charge in [-0.2, -0.15) is 0 Å². The van der Waals surface area contributed by atoms with Gasteiger partial charge in [-0.25, -0.2) is 0 Å². The average Bonchev–Trinajstić information content (AvgIpc) is 2.44. The van der Waals surface area contributed by atoms with E-state index in [1.165, 1.54) is 18.5 Å². The standard InChI is InChI=1S/C10H18N2S/c1-4-9(5-2)7-12-8(3)6-11-10(12)13/h6,9H,4-5,7H2,1-3H3,(H,11,13). The molecule has 0 spiro atoms. The lowest BCUT2D eigenvalue weighted by molar-refractivity contribution is 0.412. The molecule has 1 aromatic heterocycles.